The third-order valence-corrected chi connectivity index (χ3v) is 5.68. The molecule has 0 fully saturated rings. The number of carbonyl (C=O) groups is 1. The number of nitrogens with zero attached hydrogens (tertiary/aromatic N) is 2. The lowest BCUT2D eigenvalue weighted by Gasteiger charge is -2.20. The lowest BCUT2D eigenvalue weighted by molar-refractivity contribution is -0.117. The Labute approximate surface area is 157 Å². The van der Waals surface area contributed by atoms with Crippen molar-refractivity contribution < 1.29 is 17.7 Å². The number of hydrogen-bond donors (Lipinski definition) is 2. The number of sulfonamides is 1. The summed E-state index contributed by atoms with van der Waals surface area (Å²) < 4.78 is 32.2. The molecule has 2 N–H and O–H groups in total. The van der Waals surface area contributed by atoms with E-state index in [-0.39, 0.29) is 16.3 Å². The molecule has 10 heteroatoms. The molecule has 0 aliphatic carbocycles. The first-order valence-corrected chi connectivity index (χ1v) is 9.62. The largest absolute Gasteiger partial charge is 0.376 e. The van der Waals surface area contributed by atoms with E-state index >= 15 is 0 Å². The average Bonchev–Trinajstić information content (AvgIpc) is 2.86. The standard InChI is InChI=1S/C16H21ClN4O4S/c1-9-15(11(3)25-19-9)26(23,24)20-10(2)16(22)18-13-8-12(17)6-7-14(13)21(4)5/h6-8,10,20H,1-5H3,(H,18,22)/t10-/m0/s1. The second-order valence-corrected chi connectivity index (χ2v) is 8.13. The molecular weight excluding hydrogens is 380 g/mol. The summed E-state index contributed by atoms with van der Waals surface area (Å²) >= 11 is 5.99. The molecule has 1 amide bonds. The monoisotopic (exact) mass is 400 g/mol. The number of rotatable bonds is 6. The van der Waals surface area contributed by atoms with Crippen LogP contribution >= 0.6 is 11.6 Å². The highest BCUT2D eigenvalue weighted by Gasteiger charge is 2.28. The Morgan fingerprint density at radius 2 is 1.96 bits per heavy atom. The Kier molecular flexibility index (Phi) is 5.94. The number of anilines is 2. The van der Waals surface area contributed by atoms with Gasteiger partial charge in [0.15, 0.2) is 5.76 Å². The van der Waals surface area contributed by atoms with Crippen molar-refractivity contribution in [2.75, 3.05) is 24.3 Å². The number of aryl methyl sites for hydroxylation is 2. The zero-order valence-corrected chi connectivity index (χ0v) is 16.7. The van der Waals surface area contributed by atoms with Crippen LogP contribution in [0.3, 0.4) is 0 Å². The molecule has 0 saturated heterocycles. The summed E-state index contributed by atoms with van der Waals surface area (Å²) in [6.07, 6.45) is 0. The molecule has 0 aliphatic rings. The van der Waals surface area contributed by atoms with Gasteiger partial charge in [-0.05, 0) is 39.0 Å². The van der Waals surface area contributed by atoms with Gasteiger partial charge in [0.2, 0.25) is 15.9 Å². The van der Waals surface area contributed by atoms with Crippen LogP contribution in [0.15, 0.2) is 27.6 Å². The third-order valence-electron chi connectivity index (χ3n) is 3.66. The predicted molar refractivity (Wildman–Crippen MR) is 100 cm³/mol. The molecule has 0 bridgehead atoms. The first-order chi connectivity index (χ1) is 12.0. The van der Waals surface area contributed by atoms with Crippen molar-refractivity contribution in [3.8, 4) is 0 Å². The zero-order valence-electron chi connectivity index (χ0n) is 15.1. The maximum absolute atomic E-state index is 12.5. The molecule has 0 spiro atoms. The maximum atomic E-state index is 12.5. The van der Waals surface area contributed by atoms with Crippen molar-refractivity contribution in [2.45, 2.75) is 31.7 Å². The molecule has 1 aromatic heterocycles. The van der Waals surface area contributed by atoms with Crippen molar-refractivity contribution >= 4 is 38.9 Å². The lowest BCUT2D eigenvalue weighted by atomic mass is 10.2. The average molecular weight is 401 g/mol. The summed E-state index contributed by atoms with van der Waals surface area (Å²) in [5.74, 6) is -0.363. The van der Waals surface area contributed by atoms with Gasteiger partial charge in [-0.2, -0.15) is 4.72 Å². The molecule has 26 heavy (non-hydrogen) atoms. The van der Waals surface area contributed by atoms with Gasteiger partial charge in [-0.25, -0.2) is 8.42 Å². The molecule has 0 radical (unpaired) electrons. The molecule has 1 aromatic carbocycles. The van der Waals surface area contributed by atoms with Gasteiger partial charge in [0.25, 0.3) is 0 Å². The van der Waals surface area contributed by atoms with Crippen LogP contribution in [-0.4, -0.2) is 39.6 Å². The van der Waals surface area contributed by atoms with E-state index < -0.39 is 22.0 Å². The van der Waals surface area contributed by atoms with E-state index in [1.807, 2.05) is 19.0 Å². The van der Waals surface area contributed by atoms with Gasteiger partial charge in [-0.3, -0.25) is 4.79 Å². The Morgan fingerprint density at radius 3 is 2.50 bits per heavy atom. The van der Waals surface area contributed by atoms with E-state index in [1.165, 1.54) is 20.8 Å². The lowest BCUT2D eigenvalue weighted by Crippen LogP contribution is -2.42. The van der Waals surface area contributed by atoms with Crippen molar-refractivity contribution in [3.63, 3.8) is 0 Å². The summed E-state index contributed by atoms with van der Waals surface area (Å²) in [6.45, 7) is 4.46. The number of amides is 1. The predicted octanol–water partition coefficient (Wildman–Crippen LogP) is 2.32. The zero-order chi connectivity index (χ0) is 19.6. The molecular formula is C16H21ClN4O4S. The van der Waals surface area contributed by atoms with Crippen LogP contribution in [0.2, 0.25) is 5.02 Å². The molecule has 2 aromatic rings. The fourth-order valence-corrected chi connectivity index (χ4v) is 4.15. The number of aromatic nitrogens is 1. The summed E-state index contributed by atoms with van der Waals surface area (Å²) in [4.78, 5) is 14.2. The van der Waals surface area contributed by atoms with Crippen LogP contribution in [0.1, 0.15) is 18.4 Å². The van der Waals surface area contributed by atoms with E-state index in [2.05, 4.69) is 15.2 Å². The number of nitrogens with one attached hydrogen (secondary N) is 2. The van der Waals surface area contributed by atoms with Crippen LogP contribution in [0.5, 0.6) is 0 Å². The van der Waals surface area contributed by atoms with Gasteiger partial charge in [-0.15, -0.1) is 0 Å². The fraction of sp³-hybridized carbons (Fsp3) is 0.375. The third kappa shape index (κ3) is 4.35. The van der Waals surface area contributed by atoms with Crippen molar-refractivity contribution in [2.24, 2.45) is 0 Å². The quantitative estimate of drug-likeness (QED) is 0.771. The van der Waals surface area contributed by atoms with Crippen molar-refractivity contribution in [3.05, 3.63) is 34.7 Å². The van der Waals surface area contributed by atoms with Gasteiger partial charge in [0, 0.05) is 19.1 Å². The summed E-state index contributed by atoms with van der Waals surface area (Å²) in [7, 11) is -0.309. The topological polar surface area (TPSA) is 105 Å². The minimum atomic E-state index is -3.95. The SMILES string of the molecule is Cc1noc(C)c1S(=O)(=O)N[C@@H](C)C(=O)Nc1cc(Cl)ccc1N(C)C. The van der Waals surface area contributed by atoms with Crippen LogP contribution < -0.4 is 14.9 Å². The van der Waals surface area contributed by atoms with Crippen LogP contribution in [0.4, 0.5) is 11.4 Å². The maximum Gasteiger partial charge on any atom is 0.246 e. The first-order valence-electron chi connectivity index (χ1n) is 7.76. The second-order valence-electron chi connectivity index (χ2n) is 6.04. The smallest absolute Gasteiger partial charge is 0.246 e. The number of carbonyl (C=O) groups excluding carboxylic acids is 1. The Hall–Kier alpha value is -2.10. The minimum Gasteiger partial charge on any atom is -0.376 e. The van der Waals surface area contributed by atoms with E-state index in [0.717, 1.165) is 5.69 Å². The van der Waals surface area contributed by atoms with E-state index in [4.69, 9.17) is 16.1 Å². The molecule has 1 atom stereocenters. The van der Waals surface area contributed by atoms with Crippen molar-refractivity contribution in [1.82, 2.24) is 9.88 Å². The van der Waals surface area contributed by atoms with Crippen LogP contribution in [0, 0.1) is 13.8 Å². The highest BCUT2D eigenvalue weighted by atomic mass is 35.5. The normalized spacial score (nSPS) is 12.7. The van der Waals surface area contributed by atoms with E-state index in [9.17, 15) is 13.2 Å². The van der Waals surface area contributed by atoms with Gasteiger partial charge in [-0.1, -0.05) is 16.8 Å². The molecule has 142 valence electrons. The summed E-state index contributed by atoms with van der Waals surface area (Å²) in [5.41, 5.74) is 1.45. The Bertz CT molecular complexity index is 905. The second kappa shape index (κ2) is 7.65. The fourth-order valence-electron chi connectivity index (χ4n) is 2.44. The first kappa shape index (κ1) is 20.2. The van der Waals surface area contributed by atoms with Gasteiger partial charge < -0.3 is 14.7 Å². The van der Waals surface area contributed by atoms with E-state index in [0.29, 0.717) is 10.7 Å². The Morgan fingerprint density at radius 1 is 1.31 bits per heavy atom. The van der Waals surface area contributed by atoms with Gasteiger partial charge in [0.1, 0.15) is 10.6 Å². The molecule has 0 unspecified atom stereocenters. The highest BCUT2D eigenvalue weighted by molar-refractivity contribution is 7.89. The highest BCUT2D eigenvalue weighted by Crippen LogP contribution is 2.28. The minimum absolute atomic E-state index is 0.0612. The van der Waals surface area contributed by atoms with E-state index in [1.54, 1.807) is 18.2 Å². The van der Waals surface area contributed by atoms with Gasteiger partial charge >= 0.3 is 0 Å². The summed E-state index contributed by atoms with van der Waals surface area (Å²) in [5, 5.41) is 6.78. The van der Waals surface area contributed by atoms with Crippen LogP contribution in [-0.2, 0) is 14.8 Å². The molecule has 0 saturated carbocycles. The molecule has 8 nitrogen and oxygen atoms in total. The van der Waals surface area contributed by atoms with Crippen molar-refractivity contribution in [1.29, 1.82) is 0 Å². The molecule has 2 rings (SSSR count). The van der Waals surface area contributed by atoms with Gasteiger partial charge in [0.05, 0.1) is 17.4 Å². The number of benzene rings is 1. The molecule has 1 heterocycles. The van der Waals surface area contributed by atoms with Crippen LogP contribution in [0.25, 0.3) is 0 Å². The number of hydrogen-bond acceptors (Lipinski definition) is 6. The summed E-state index contributed by atoms with van der Waals surface area (Å²) in [6, 6.07) is 4.04. The number of halogens is 1. The Balaban J connectivity index is 2.20. The molecule has 0 aliphatic heterocycles.